The molecule has 9 nitrogen and oxygen atoms in total. The lowest BCUT2D eigenvalue weighted by molar-refractivity contribution is -0.133. The molecule has 1 aromatic carbocycles. The van der Waals surface area contributed by atoms with Crippen LogP contribution in [0.15, 0.2) is 17.0 Å². The first-order valence-corrected chi connectivity index (χ1v) is 12.7. The van der Waals surface area contributed by atoms with Gasteiger partial charge in [-0.05, 0) is 31.4 Å². The zero-order chi connectivity index (χ0) is 22.9. The van der Waals surface area contributed by atoms with E-state index in [4.69, 9.17) is 4.74 Å². The van der Waals surface area contributed by atoms with Gasteiger partial charge in [0.2, 0.25) is 15.9 Å². The third-order valence-electron chi connectivity index (χ3n) is 6.71. The Hall–Kier alpha value is -2.17. The summed E-state index contributed by atoms with van der Waals surface area (Å²) in [6, 6.07) is 3.63. The minimum atomic E-state index is -3.90. The second-order valence-corrected chi connectivity index (χ2v) is 10.9. The normalized spacial score (nSPS) is 20.6. The monoisotopic (exact) mass is 464 g/mol. The molecule has 176 valence electrons. The molecule has 0 bridgehead atoms. The number of piperazine rings is 1. The van der Waals surface area contributed by atoms with Crippen LogP contribution in [0, 0.1) is 6.92 Å². The predicted molar refractivity (Wildman–Crippen MR) is 120 cm³/mol. The molecule has 1 saturated carbocycles. The number of nitrogens with one attached hydrogen (secondary N) is 1. The molecule has 0 atom stereocenters. The molecule has 0 aromatic heterocycles. The highest BCUT2D eigenvalue weighted by Gasteiger charge is 2.31. The summed E-state index contributed by atoms with van der Waals surface area (Å²) in [4.78, 5) is 28.7. The molecule has 0 radical (unpaired) electrons. The minimum Gasteiger partial charge on any atom is -0.482 e. The molecule has 1 aromatic rings. The molecule has 2 fully saturated rings. The van der Waals surface area contributed by atoms with E-state index < -0.39 is 10.0 Å². The van der Waals surface area contributed by atoms with E-state index in [9.17, 15) is 18.0 Å². The maximum absolute atomic E-state index is 13.2. The van der Waals surface area contributed by atoms with Crippen LogP contribution in [-0.4, -0.2) is 86.8 Å². The quantitative estimate of drug-likeness (QED) is 0.708. The van der Waals surface area contributed by atoms with Gasteiger partial charge in [0.05, 0.1) is 17.1 Å². The molecule has 10 heteroatoms. The van der Waals surface area contributed by atoms with Crippen molar-refractivity contribution >= 4 is 27.5 Å². The third-order valence-corrected chi connectivity index (χ3v) is 8.66. The number of nitrogens with zero attached hydrogens (tertiary/aromatic N) is 3. The maximum Gasteiger partial charge on any atom is 0.262 e. The van der Waals surface area contributed by atoms with Gasteiger partial charge in [0.1, 0.15) is 5.75 Å². The van der Waals surface area contributed by atoms with Crippen molar-refractivity contribution in [1.29, 1.82) is 0 Å². The van der Waals surface area contributed by atoms with E-state index in [1.165, 1.54) is 45.2 Å². The second kappa shape index (κ2) is 9.36. The van der Waals surface area contributed by atoms with E-state index in [0.29, 0.717) is 36.1 Å². The number of amides is 2. The predicted octanol–water partition coefficient (Wildman–Crippen LogP) is 1.42. The van der Waals surface area contributed by atoms with E-state index in [2.05, 4.69) is 10.2 Å². The SMILES string of the molecule is Cc1cc2c(cc1S(=O)(=O)N(C)CC(=O)N1CCN(C3CCCCC3)CC1)OCC(=O)N2. The van der Waals surface area contributed by atoms with Gasteiger partial charge in [0.25, 0.3) is 5.91 Å². The first-order valence-electron chi connectivity index (χ1n) is 11.3. The molecule has 2 heterocycles. The molecule has 0 spiro atoms. The van der Waals surface area contributed by atoms with Crippen molar-refractivity contribution in [3.05, 3.63) is 17.7 Å². The van der Waals surface area contributed by atoms with Crippen molar-refractivity contribution in [3.8, 4) is 5.75 Å². The van der Waals surface area contributed by atoms with Crippen molar-refractivity contribution in [2.75, 3.05) is 51.7 Å². The zero-order valence-corrected chi connectivity index (χ0v) is 19.6. The third kappa shape index (κ3) is 4.77. The summed E-state index contributed by atoms with van der Waals surface area (Å²) >= 11 is 0. The molecule has 1 saturated heterocycles. The number of fused-ring (bicyclic) bond motifs is 1. The summed E-state index contributed by atoms with van der Waals surface area (Å²) in [6.45, 7) is 4.26. The highest BCUT2D eigenvalue weighted by atomic mass is 32.2. The molecular formula is C22H32N4O5S. The Morgan fingerprint density at radius 2 is 1.84 bits per heavy atom. The van der Waals surface area contributed by atoms with Crippen LogP contribution in [0.5, 0.6) is 5.75 Å². The molecule has 1 N–H and O–H groups in total. The zero-order valence-electron chi connectivity index (χ0n) is 18.8. The average molecular weight is 465 g/mol. The highest BCUT2D eigenvalue weighted by Crippen LogP contribution is 2.34. The standard InChI is InChI=1S/C22H32N4O5S/c1-16-12-18-19(31-15-21(27)23-18)13-20(16)32(29,30)24(2)14-22(28)26-10-8-25(9-11-26)17-6-4-3-5-7-17/h12-13,17H,3-11,14-15H2,1-2H3,(H,23,27). The van der Waals surface area contributed by atoms with Gasteiger partial charge in [-0.2, -0.15) is 4.31 Å². The fraction of sp³-hybridized carbons (Fsp3) is 0.636. The first kappa shape index (κ1) is 23.0. The van der Waals surface area contributed by atoms with Crippen LogP contribution in [-0.2, 0) is 19.6 Å². The molecule has 4 rings (SSSR count). The largest absolute Gasteiger partial charge is 0.482 e. The van der Waals surface area contributed by atoms with Crippen LogP contribution in [0.25, 0.3) is 0 Å². The second-order valence-electron chi connectivity index (χ2n) is 8.92. The molecule has 2 aliphatic heterocycles. The van der Waals surface area contributed by atoms with E-state index in [1.54, 1.807) is 17.9 Å². The Labute approximate surface area is 189 Å². The van der Waals surface area contributed by atoms with Crippen molar-refractivity contribution < 1.29 is 22.7 Å². The number of rotatable bonds is 5. The number of hydrogen-bond acceptors (Lipinski definition) is 6. The Morgan fingerprint density at radius 1 is 1.16 bits per heavy atom. The summed E-state index contributed by atoms with van der Waals surface area (Å²) < 4.78 is 32.8. The molecule has 32 heavy (non-hydrogen) atoms. The Bertz CT molecular complexity index is 982. The lowest BCUT2D eigenvalue weighted by Crippen LogP contribution is -2.54. The topological polar surface area (TPSA) is 99.3 Å². The number of hydrogen-bond donors (Lipinski definition) is 1. The number of ether oxygens (including phenoxy) is 1. The molecule has 1 aliphatic carbocycles. The summed E-state index contributed by atoms with van der Waals surface area (Å²) in [6.07, 6.45) is 6.36. The van der Waals surface area contributed by atoms with Gasteiger partial charge in [0.15, 0.2) is 6.61 Å². The molecular weight excluding hydrogens is 432 g/mol. The Kier molecular flexibility index (Phi) is 6.73. The van der Waals surface area contributed by atoms with Gasteiger partial charge in [-0.15, -0.1) is 0 Å². The fourth-order valence-electron chi connectivity index (χ4n) is 4.82. The lowest BCUT2D eigenvalue weighted by Gasteiger charge is -2.41. The number of sulfonamides is 1. The van der Waals surface area contributed by atoms with Crippen LogP contribution in [0.3, 0.4) is 0 Å². The van der Waals surface area contributed by atoms with Crippen molar-refractivity contribution in [3.63, 3.8) is 0 Å². The number of benzene rings is 1. The summed E-state index contributed by atoms with van der Waals surface area (Å²) in [5, 5.41) is 2.67. The van der Waals surface area contributed by atoms with E-state index in [1.807, 2.05) is 0 Å². The summed E-state index contributed by atoms with van der Waals surface area (Å²) in [5.74, 6) is -0.148. The van der Waals surface area contributed by atoms with E-state index in [-0.39, 0.29) is 29.9 Å². The highest BCUT2D eigenvalue weighted by molar-refractivity contribution is 7.89. The molecule has 0 unspecified atom stereocenters. The van der Waals surface area contributed by atoms with E-state index in [0.717, 1.165) is 17.4 Å². The van der Waals surface area contributed by atoms with Crippen LogP contribution in [0.1, 0.15) is 37.7 Å². The van der Waals surface area contributed by atoms with Crippen LogP contribution in [0.2, 0.25) is 0 Å². The average Bonchev–Trinajstić information content (AvgIpc) is 2.79. The summed E-state index contributed by atoms with van der Waals surface area (Å²) in [5.41, 5.74) is 0.933. The molecule has 3 aliphatic rings. The number of carbonyl (C=O) groups excluding carboxylic acids is 2. The molecule has 2 amide bonds. The van der Waals surface area contributed by atoms with Gasteiger partial charge in [-0.3, -0.25) is 14.5 Å². The van der Waals surface area contributed by atoms with Crippen LogP contribution >= 0.6 is 0 Å². The minimum absolute atomic E-state index is 0.0739. The fourth-order valence-corrected chi connectivity index (χ4v) is 6.16. The first-order chi connectivity index (χ1) is 15.3. The number of aryl methyl sites for hydroxylation is 1. The number of anilines is 1. The van der Waals surface area contributed by atoms with Gasteiger partial charge < -0.3 is 15.0 Å². The number of likely N-dealkylation sites (N-methyl/N-ethyl adjacent to an activating group) is 1. The maximum atomic E-state index is 13.2. The summed E-state index contributed by atoms with van der Waals surface area (Å²) in [7, 11) is -2.47. The van der Waals surface area contributed by atoms with Gasteiger partial charge in [0, 0.05) is 45.3 Å². The van der Waals surface area contributed by atoms with Gasteiger partial charge >= 0.3 is 0 Å². The number of carbonyl (C=O) groups is 2. The van der Waals surface area contributed by atoms with Crippen molar-refractivity contribution in [2.45, 2.75) is 50.0 Å². The smallest absolute Gasteiger partial charge is 0.262 e. The van der Waals surface area contributed by atoms with E-state index >= 15 is 0 Å². The van der Waals surface area contributed by atoms with Crippen LogP contribution < -0.4 is 10.1 Å². The van der Waals surface area contributed by atoms with Crippen LogP contribution in [0.4, 0.5) is 5.69 Å². The van der Waals surface area contributed by atoms with Crippen molar-refractivity contribution in [2.24, 2.45) is 0 Å². The van der Waals surface area contributed by atoms with Crippen molar-refractivity contribution in [1.82, 2.24) is 14.1 Å². The van der Waals surface area contributed by atoms with Gasteiger partial charge in [-0.25, -0.2) is 8.42 Å². The van der Waals surface area contributed by atoms with Gasteiger partial charge in [-0.1, -0.05) is 19.3 Å². The Morgan fingerprint density at radius 3 is 2.53 bits per heavy atom. The lowest BCUT2D eigenvalue weighted by atomic mass is 9.94. The Balaban J connectivity index is 1.38.